The Hall–Kier alpha value is -2.17. The third kappa shape index (κ3) is 3.53. The summed E-state index contributed by atoms with van der Waals surface area (Å²) in [5, 5.41) is 2.92. The minimum atomic E-state index is -0.331. The van der Waals surface area contributed by atoms with Crippen molar-refractivity contribution < 1.29 is 14.4 Å². The van der Waals surface area contributed by atoms with Crippen molar-refractivity contribution in [2.45, 2.75) is 39.7 Å². The maximum absolute atomic E-state index is 12.2. The van der Waals surface area contributed by atoms with E-state index in [1.165, 1.54) is 6.92 Å². The molecule has 1 saturated heterocycles. The van der Waals surface area contributed by atoms with E-state index in [0.717, 1.165) is 6.42 Å². The van der Waals surface area contributed by atoms with E-state index >= 15 is 0 Å². The summed E-state index contributed by atoms with van der Waals surface area (Å²) in [5.74, 6) is -0.528. The Kier molecular flexibility index (Phi) is 4.96. The highest BCUT2D eigenvalue weighted by atomic mass is 16.2. The van der Waals surface area contributed by atoms with Crippen molar-refractivity contribution in [3.63, 3.8) is 0 Å². The van der Waals surface area contributed by atoms with Gasteiger partial charge in [-0.25, -0.2) is 0 Å². The number of benzene rings is 1. The second-order valence-electron chi connectivity index (χ2n) is 5.83. The van der Waals surface area contributed by atoms with Gasteiger partial charge < -0.3 is 10.2 Å². The Labute approximate surface area is 130 Å². The molecule has 1 aromatic carbocycles. The summed E-state index contributed by atoms with van der Waals surface area (Å²) in [6.45, 7) is 5.81. The maximum Gasteiger partial charge on any atom is 0.227 e. The second-order valence-corrected chi connectivity index (χ2v) is 5.83. The van der Waals surface area contributed by atoms with E-state index in [9.17, 15) is 14.4 Å². The van der Waals surface area contributed by atoms with E-state index in [2.05, 4.69) is 5.32 Å². The van der Waals surface area contributed by atoms with Crippen LogP contribution in [-0.4, -0.2) is 30.2 Å². The monoisotopic (exact) mass is 302 g/mol. The molecule has 0 bridgehead atoms. The van der Waals surface area contributed by atoms with Gasteiger partial charge in [0.1, 0.15) is 0 Å². The van der Waals surface area contributed by atoms with E-state index < -0.39 is 0 Å². The lowest BCUT2D eigenvalue weighted by atomic mass is 10.1. The number of carbonyl (C=O) groups is 3. The van der Waals surface area contributed by atoms with E-state index in [0.29, 0.717) is 17.8 Å². The van der Waals surface area contributed by atoms with Gasteiger partial charge in [-0.3, -0.25) is 14.4 Å². The molecule has 1 heterocycles. The fourth-order valence-electron chi connectivity index (χ4n) is 2.49. The molecule has 2 unspecified atom stereocenters. The molecule has 5 nitrogen and oxygen atoms in total. The zero-order valence-electron chi connectivity index (χ0n) is 13.3. The van der Waals surface area contributed by atoms with Crippen LogP contribution in [0, 0.1) is 5.92 Å². The minimum Gasteiger partial charge on any atom is -0.353 e. The smallest absolute Gasteiger partial charge is 0.227 e. The third-order valence-electron chi connectivity index (χ3n) is 4.06. The molecule has 1 aromatic rings. The number of hydrogen-bond donors (Lipinski definition) is 1. The van der Waals surface area contributed by atoms with Crippen molar-refractivity contribution in [3.05, 3.63) is 29.8 Å². The first-order chi connectivity index (χ1) is 10.4. The van der Waals surface area contributed by atoms with Gasteiger partial charge in [-0.05, 0) is 32.4 Å². The van der Waals surface area contributed by atoms with Crippen molar-refractivity contribution in [3.8, 4) is 0 Å². The Bertz CT molecular complexity index is 597. The molecular weight excluding hydrogens is 280 g/mol. The summed E-state index contributed by atoms with van der Waals surface area (Å²) in [6.07, 6.45) is 1.07. The molecule has 0 radical (unpaired) electrons. The van der Waals surface area contributed by atoms with Gasteiger partial charge in [-0.1, -0.05) is 19.1 Å². The summed E-state index contributed by atoms with van der Waals surface area (Å²) in [4.78, 5) is 37.4. The summed E-state index contributed by atoms with van der Waals surface area (Å²) < 4.78 is 0. The van der Waals surface area contributed by atoms with Crippen LogP contribution in [0.2, 0.25) is 0 Å². The number of nitrogens with zero attached hydrogens (tertiary/aromatic N) is 1. The average Bonchev–Trinajstić information content (AvgIpc) is 2.89. The zero-order valence-corrected chi connectivity index (χ0v) is 13.3. The molecule has 2 atom stereocenters. The molecule has 0 aromatic heterocycles. The summed E-state index contributed by atoms with van der Waals surface area (Å²) >= 11 is 0. The molecule has 118 valence electrons. The number of hydrogen-bond acceptors (Lipinski definition) is 3. The first kappa shape index (κ1) is 16.2. The lowest BCUT2D eigenvalue weighted by Gasteiger charge is -2.18. The Morgan fingerprint density at radius 2 is 2.14 bits per heavy atom. The molecule has 0 saturated carbocycles. The van der Waals surface area contributed by atoms with Crippen LogP contribution in [0.5, 0.6) is 0 Å². The van der Waals surface area contributed by atoms with Crippen molar-refractivity contribution >= 4 is 23.3 Å². The fourth-order valence-corrected chi connectivity index (χ4v) is 2.49. The molecule has 1 aliphatic rings. The molecule has 22 heavy (non-hydrogen) atoms. The molecular formula is C17H22N2O3. The van der Waals surface area contributed by atoms with Crippen LogP contribution >= 0.6 is 0 Å². The third-order valence-corrected chi connectivity index (χ3v) is 4.06. The minimum absolute atomic E-state index is 0.0421. The molecule has 1 aliphatic heterocycles. The number of anilines is 1. The predicted molar refractivity (Wildman–Crippen MR) is 84.8 cm³/mol. The first-order valence-corrected chi connectivity index (χ1v) is 7.64. The zero-order chi connectivity index (χ0) is 16.3. The number of rotatable bonds is 5. The Morgan fingerprint density at radius 1 is 1.41 bits per heavy atom. The predicted octanol–water partition coefficient (Wildman–Crippen LogP) is 2.16. The van der Waals surface area contributed by atoms with E-state index in [1.807, 2.05) is 13.8 Å². The molecule has 5 heteroatoms. The molecule has 1 fully saturated rings. The molecule has 2 amide bonds. The number of Topliss-reactive ketones (excluding diaryl/α,β-unsaturated/α-hetero) is 1. The van der Waals surface area contributed by atoms with Crippen LogP contribution < -0.4 is 10.2 Å². The largest absolute Gasteiger partial charge is 0.353 e. The van der Waals surface area contributed by atoms with Crippen LogP contribution in [0.1, 0.15) is 44.0 Å². The summed E-state index contributed by atoms with van der Waals surface area (Å²) in [6, 6.07) is 7.08. The first-order valence-electron chi connectivity index (χ1n) is 7.64. The van der Waals surface area contributed by atoms with Crippen LogP contribution in [0.3, 0.4) is 0 Å². The molecule has 0 spiro atoms. The lowest BCUT2D eigenvalue weighted by Crippen LogP contribution is -2.38. The van der Waals surface area contributed by atoms with Crippen molar-refractivity contribution in [1.29, 1.82) is 0 Å². The van der Waals surface area contributed by atoms with Gasteiger partial charge in [0.05, 0.1) is 5.92 Å². The maximum atomic E-state index is 12.2. The van der Waals surface area contributed by atoms with Crippen molar-refractivity contribution in [1.82, 2.24) is 5.32 Å². The fraction of sp³-hybridized carbons (Fsp3) is 0.471. The SMILES string of the molecule is CCC(C)NC(=O)C1CC(=O)N(c2cccc(C(C)=O)c2)C1. The van der Waals surface area contributed by atoms with Crippen molar-refractivity contribution in [2.24, 2.45) is 5.92 Å². The lowest BCUT2D eigenvalue weighted by molar-refractivity contribution is -0.126. The Morgan fingerprint density at radius 3 is 2.77 bits per heavy atom. The van der Waals surface area contributed by atoms with Crippen LogP contribution in [-0.2, 0) is 9.59 Å². The van der Waals surface area contributed by atoms with Gasteiger partial charge >= 0.3 is 0 Å². The van der Waals surface area contributed by atoms with Crippen LogP contribution in [0.15, 0.2) is 24.3 Å². The highest BCUT2D eigenvalue weighted by Crippen LogP contribution is 2.26. The number of carbonyl (C=O) groups excluding carboxylic acids is 3. The second kappa shape index (κ2) is 6.73. The van der Waals surface area contributed by atoms with Gasteiger partial charge in [-0.15, -0.1) is 0 Å². The van der Waals surface area contributed by atoms with Crippen molar-refractivity contribution in [2.75, 3.05) is 11.4 Å². The average molecular weight is 302 g/mol. The Balaban J connectivity index is 2.11. The molecule has 0 aliphatic carbocycles. The normalized spacial score (nSPS) is 19.1. The number of amides is 2. The van der Waals surface area contributed by atoms with Crippen LogP contribution in [0.25, 0.3) is 0 Å². The quantitative estimate of drug-likeness (QED) is 0.848. The van der Waals surface area contributed by atoms with Gasteiger partial charge in [0, 0.05) is 30.3 Å². The summed E-state index contributed by atoms with van der Waals surface area (Å²) in [5.41, 5.74) is 1.24. The molecule has 1 N–H and O–H groups in total. The van der Waals surface area contributed by atoms with E-state index in [-0.39, 0.29) is 36.0 Å². The number of nitrogens with one attached hydrogen (secondary N) is 1. The van der Waals surface area contributed by atoms with Gasteiger partial charge in [0.15, 0.2) is 5.78 Å². The van der Waals surface area contributed by atoms with Crippen LogP contribution in [0.4, 0.5) is 5.69 Å². The van der Waals surface area contributed by atoms with E-state index in [4.69, 9.17) is 0 Å². The highest BCUT2D eigenvalue weighted by molar-refractivity contribution is 6.02. The van der Waals surface area contributed by atoms with E-state index in [1.54, 1.807) is 29.2 Å². The number of ketones is 1. The van der Waals surface area contributed by atoms with Gasteiger partial charge in [0.2, 0.25) is 11.8 Å². The standard InChI is InChI=1S/C17H22N2O3/c1-4-11(2)18-17(22)14-9-16(21)19(10-14)15-7-5-6-13(8-15)12(3)20/h5-8,11,14H,4,9-10H2,1-3H3,(H,18,22). The highest BCUT2D eigenvalue weighted by Gasteiger charge is 2.35. The topological polar surface area (TPSA) is 66.5 Å². The molecule has 2 rings (SSSR count). The van der Waals surface area contributed by atoms with Gasteiger partial charge in [-0.2, -0.15) is 0 Å². The van der Waals surface area contributed by atoms with Gasteiger partial charge in [0.25, 0.3) is 0 Å². The summed E-state index contributed by atoms with van der Waals surface area (Å²) in [7, 11) is 0.